The molecule has 4 rings (SSSR count). The van der Waals surface area contributed by atoms with E-state index < -0.39 is 0 Å². The molecule has 1 N–H and O–H groups in total. The molecule has 2 aliphatic rings. The summed E-state index contributed by atoms with van der Waals surface area (Å²) in [5.74, 6) is 0.622. The van der Waals surface area contributed by atoms with Gasteiger partial charge in [-0.25, -0.2) is 4.39 Å². The van der Waals surface area contributed by atoms with Gasteiger partial charge in [0.05, 0.1) is 0 Å². The Morgan fingerprint density at radius 1 is 1.09 bits per heavy atom. The molecule has 1 fully saturated rings. The van der Waals surface area contributed by atoms with Crippen LogP contribution in [0.1, 0.15) is 21.8 Å². The number of likely N-dealkylation sites (tertiary alicyclic amines) is 1. The van der Waals surface area contributed by atoms with Crippen LogP contribution in [0.5, 0.6) is 0 Å². The van der Waals surface area contributed by atoms with Gasteiger partial charge in [0, 0.05) is 31.1 Å². The normalized spacial score (nSPS) is 23.8. The first-order valence-corrected chi connectivity index (χ1v) is 7.98. The van der Waals surface area contributed by atoms with Gasteiger partial charge in [-0.2, -0.15) is 0 Å². The maximum Gasteiger partial charge on any atom is 0.251 e. The first kappa shape index (κ1) is 14.4. The lowest BCUT2D eigenvalue weighted by molar-refractivity contribution is 0.0951. The third-order valence-electron chi connectivity index (χ3n) is 5.02. The largest absolute Gasteiger partial charge is 0.352 e. The number of halogens is 1. The first-order valence-electron chi connectivity index (χ1n) is 7.98. The van der Waals surface area contributed by atoms with Crippen LogP contribution < -0.4 is 5.32 Å². The molecule has 0 aromatic heterocycles. The Hall–Kier alpha value is -2.20. The number of amides is 1. The van der Waals surface area contributed by atoms with Crippen molar-refractivity contribution in [3.63, 3.8) is 0 Å². The van der Waals surface area contributed by atoms with Crippen molar-refractivity contribution >= 4 is 5.91 Å². The number of fused-ring (bicyclic) bond motifs is 3. The molecule has 0 bridgehead atoms. The van der Waals surface area contributed by atoms with Crippen LogP contribution in [0.4, 0.5) is 4.39 Å². The van der Waals surface area contributed by atoms with Crippen molar-refractivity contribution in [3.8, 4) is 11.1 Å². The number of carbonyl (C=O) groups excluding carboxylic acids is 1. The lowest BCUT2D eigenvalue weighted by Gasteiger charge is -2.17. The summed E-state index contributed by atoms with van der Waals surface area (Å²) >= 11 is 0. The Bertz CT molecular complexity index is 756. The predicted octanol–water partition coefficient (Wildman–Crippen LogP) is 2.88. The molecule has 0 unspecified atom stereocenters. The fraction of sp³-hybridized carbons (Fsp3) is 0.316. The summed E-state index contributed by atoms with van der Waals surface area (Å²) in [5, 5.41) is 3.05. The molecule has 0 aliphatic carbocycles. The number of nitrogens with one attached hydrogen (secondary N) is 1. The van der Waals surface area contributed by atoms with Crippen LogP contribution in [0.3, 0.4) is 0 Å². The summed E-state index contributed by atoms with van der Waals surface area (Å²) in [6.07, 6.45) is 0. The second-order valence-electron chi connectivity index (χ2n) is 6.61. The highest BCUT2D eigenvalue weighted by atomic mass is 19.1. The zero-order valence-electron chi connectivity index (χ0n) is 13.1. The summed E-state index contributed by atoms with van der Waals surface area (Å²) in [5.41, 5.74) is 3.77. The van der Waals surface area contributed by atoms with Crippen molar-refractivity contribution in [3.05, 3.63) is 59.4 Å². The van der Waals surface area contributed by atoms with E-state index in [9.17, 15) is 9.18 Å². The molecule has 23 heavy (non-hydrogen) atoms. The maximum atomic E-state index is 13.1. The Morgan fingerprint density at radius 3 is 2.61 bits per heavy atom. The van der Waals surface area contributed by atoms with E-state index in [4.69, 9.17) is 0 Å². The van der Waals surface area contributed by atoms with Crippen molar-refractivity contribution in [2.75, 3.05) is 26.7 Å². The van der Waals surface area contributed by atoms with Crippen LogP contribution in [0.15, 0.2) is 42.5 Å². The predicted molar refractivity (Wildman–Crippen MR) is 87.9 cm³/mol. The fourth-order valence-electron chi connectivity index (χ4n) is 3.86. The minimum atomic E-state index is -0.252. The molecule has 2 aromatic carbocycles. The zero-order valence-corrected chi connectivity index (χ0v) is 13.1. The van der Waals surface area contributed by atoms with Crippen molar-refractivity contribution in [2.45, 2.75) is 5.92 Å². The van der Waals surface area contributed by atoms with Gasteiger partial charge in [-0.05, 0) is 47.9 Å². The minimum absolute atomic E-state index is 0.000940. The van der Waals surface area contributed by atoms with Crippen LogP contribution in [-0.4, -0.2) is 37.5 Å². The lowest BCUT2D eigenvalue weighted by Crippen LogP contribution is -2.29. The quantitative estimate of drug-likeness (QED) is 0.878. The van der Waals surface area contributed by atoms with Gasteiger partial charge in [-0.1, -0.05) is 24.3 Å². The van der Waals surface area contributed by atoms with E-state index in [2.05, 4.69) is 23.3 Å². The third-order valence-corrected chi connectivity index (χ3v) is 5.02. The SMILES string of the molecule is CN1C[C@H]2CNC(=O)c3cc(-c4ccc(F)cc4)ccc3[C@@H]2C1. The standard InChI is InChI=1S/C19H19FN2O/c1-22-10-14-9-21-19(23)17-8-13(4-7-16(17)18(14)11-22)12-2-5-15(20)6-3-12/h2-8,14,18H,9-11H2,1H3,(H,21,23)/t14-,18-/m1/s1. The summed E-state index contributed by atoms with van der Waals surface area (Å²) in [6, 6.07) is 12.5. The average molecular weight is 310 g/mol. The fourth-order valence-corrected chi connectivity index (χ4v) is 3.86. The van der Waals surface area contributed by atoms with E-state index in [0.717, 1.165) is 41.9 Å². The summed E-state index contributed by atoms with van der Waals surface area (Å²) in [6.45, 7) is 2.74. The molecule has 0 spiro atoms. The lowest BCUT2D eigenvalue weighted by atomic mass is 9.86. The van der Waals surface area contributed by atoms with Crippen LogP contribution in [0, 0.1) is 11.7 Å². The highest BCUT2D eigenvalue weighted by Gasteiger charge is 2.36. The second kappa shape index (κ2) is 5.46. The van der Waals surface area contributed by atoms with Crippen LogP contribution >= 0.6 is 0 Å². The van der Waals surface area contributed by atoms with Crippen LogP contribution in [0.25, 0.3) is 11.1 Å². The van der Waals surface area contributed by atoms with Crippen LogP contribution in [0.2, 0.25) is 0 Å². The number of carbonyl (C=O) groups is 1. The third kappa shape index (κ3) is 2.53. The van der Waals surface area contributed by atoms with Crippen molar-refractivity contribution < 1.29 is 9.18 Å². The first-order chi connectivity index (χ1) is 11.1. The molecular weight excluding hydrogens is 291 g/mol. The number of likely N-dealkylation sites (N-methyl/N-ethyl adjacent to an activating group) is 1. The molecule has 2 heterocycles. The number of hydrogen-bond donors (Lipinski definition) is 1. The Morgan fingerprint density at radius 2 is 1.83 bits per heavy atom. The topological polar surface area (TPSA) is 32.3 Å². The summed E-state index contributed by atoms with van der Waals surface area (Å²) < 4.78 is 13.1. The van der Waals surface area contributed by atoms with Gasteiger partial charge in [0.15, 0.2) is 0 Å². The molecule has 2 atom stereocenters. The van der Waals surface area contributed by atoms with Crippen molar-refractivity contribution in [2.24, 2.45) is 5.92 Å². The van der Waals surface area contributed by atoms with E-state index in [1.54, 1.807) is 12.1 Å². The second-order valence-corrected chi connectivity index (χ2v) is 6.61. The molecule has 4 heteroatoms. The Balaban J connectivity index is 1.78. The molecule has 118 valence electrons. The van der Waals surface area contributed by atoms with Gasteiger partial charge in [0.1, 0.15) is 5.82 Å². The smallest absolute Gasteiger partial charge is 0.251 e. The number of nitrogens with zero attached hydrogens (tertiary/aromatic N) is 1. The molecule has 1 amide bonds. The van der Waals surface area contributed by atoms with Crippen LogP contribution in [-0.2, 0) is 0 Å². The van der Waals surface area contributed by atoms with Gasteiger partial charge >= 0.3 is 0 Å². The van der Waals surface area contributed by atoms with Gasteiger partial charge in [-0.3, -0.25) is 4.79 Å². The Kier molecular flexibility index (Phi) is 3.42. The monoisotopic (exact) mass is 310 g/mol. The van der Waals surface area contributed by atoms with E-state index in [1.807, 2.05) is 12.1 Å². The van der Waals surface area contributed by atoms with Gasteiger partial charge in [-0.15, -0.1) is 0 Å². The maximum absolute atomic E-state index is 13.1. The molecule has 0 saturated carbocycles. The highest BCUT2D eigenvalue weighted by molar-refractivity contribution is 5.97. The van der Waals surface area contributed by atoms with E-state index >= 15 is 0 Å². The number of rotatable bonds is 1. The molecule has 2 aromatic rings. The van der Waals surface area contributed by atoms with Gasteiger partial charge in [0.2, 0.25) is 0 Å². The molecule has 0 radical (unpaired) electrons. The summed E-state index contributed by atoms with van der Waals surface area (Å²) in [7, 11) is 2.13. The minimum Gasteiger partial charge on any atom is -0.352 e. The highest BCUT2D eigenvalue weighted by Crippen LogP contribution is 2.37. The van der Waals surface area contributed by atoms with Crippen molar-refractivity contribution in [1.82, 2.24) is 10.2 Å². The van der Waals surface area contributed by atoms with Gasteiger partial charge < -0.3 is 10.2 Å². The van der Waals surface area contributed by atoms with Gasteiger partial charge in [0.25, 0.3) is 5.91 Å². The molecular formula is C19H19FN2O. The average Bonchev–Trinajstić information content (AvgIpc) is 2.88. The van der Waals surface area contributed by atoms with E-state index in [-0.39, 0.29) is 11.7 Å². The van der Waals surface area contributed by atoms with E-state index in [0.29, 0.717) is 11.8 Å². The molecule has 1 saturated heterocycles. The zero-order chi connectivity index (χ0) is 16.0. The van der Waals surface area contributed by atoms with E-state index in [1.165, 1.54) is 12.1 Å². The molecule has 2 aliphatic heterocycles. The van der Waals surface area contributed by atoms with Crippen molar-refractivity contribution in [1.29, 1.82) is 0 Å². The Labute approximate surface area is 135 Å². The number of hydrogen-bond acceptors (Lipinski definition) is 2. The number of benzene rings is 2. The summed E-state index contributed by atoms with van der Waals surface area (Å²) in [4.78, 5) is 14.8. The molecule has 3 nitrogen and oxygen atoms in total.